The Balaban J connectivity index is 1.56. The second-order valence-electron chi connectivity index (χ2n) is 10.3. The number of para-hydroxylation sites is 1. The van der Waals surface area contributed by atoms with E-state index in [4.69, 9.17) is 37.7 Å². The Morgan fingerprint density at radius 2 is 1.70 bits per heavy atom. The highest BCUT2D eigenvalue weighted by atomic mass is 79.9. The van der Waals surface area contributed by atoms with E-state index < -0.39 is 0 Å². The molecule has 0 aliphatic carbocycles. The first-order valence-corrected chi connectivity index (χ1v) is 15.4. The minimum absolute atomic E-state index is 0.193. The van der Waals surface area contributed by atoms with Crippen LogP contribution < -0.4 is 15.0 Å². The zero-order valence-corrected chi connectivity index (χ0v) is 27.3. The largest absolute Gasteiger partial charge is 0.494 e. The predicted octanol–water partition coefficient (Wildman–Crippen LogP) is 9.42. The van der Waals surface area contributed by atoms with Crippen molar-refractivity contribution in [2.75, 3.05) is 6.61 Å². The zero-order chi connectivity index (χ0) is 30.7. The van der Waals surface area contributed by atoms with Crippen molar-refractivity contribution in [1.82, 2.24) is 9.66 Å². The Morgan fingerprint density at radius 3 is 2.37 bits per heavy atom. The van der Waals surface area contributed by atoms with Crippen LogP contribution >= 0.6 is 39.1 Å². The molecule has 0 bridgehead atoms. The van der Waals surface area contributed by atoms with Crippen molar-refractivity contribution in [3.63, 3.8) is 0 Å². The number of nitrogens with zero attached hydrogens (tertiary/aromatic N) is 3. The summed E-state index contributed by atoms with van der Waals surface area (Å²) in [5, 5.41) is 5.74. The quantitative estimate of drug-likeness (QED) is 0.146. The lowest BCUT2D eigenvalue weighted by molar-refractivity contribution is 0.306. The summed E-state index contributed by atoms with van der Waals surface area (Å²) in [6.45, 7) is 9.02. The van der Waals surface area contributed by atoms with Gasteiger partial charge in [0.05, 0.1) is 33.8 Å². The molecular formula is C34H30BrCl2N3O3. The molecule has 43 heavy (non-hydrogen) atoms. The third-order valence-electron chi connectivity index (χ3n) is 6.91. The number of halogens is 3. The first-order chi connectivity index (χ1) is 20.7. The van der Waals surface area contributed by atoms with Gasteiger partial charge in [0.25, 0.3) is 5.56 Å². The van der Waals surface area contributed by atoms with Gasteiger partial charge in [-0.3, -0.25) is 4.79 Å². The van der Waals surface area contributed by atoms with Crippen LogP contribution in [0.2, 0.25) is 10.0 Å². The smallest absolute Gasteiger partial charge is 0.282 e. The van der Waals surface area contributed by atoms with Crippen molar-refractivity contribution < 1.29 is 9.47 Å². The van der Waals surface area contributed by atoms with Crippen molar-refractivity contribution >= 4 is 56.2 Å². The lowest BCUT2D eigenvalue weighted by Crippen LogP contribution is -2.21. The van der Waals surface area contributed by atoms with Gasteiger partial charge in [0.2, 0.25) is 0 Å². The lowest BCUT2D eigenvalue weighted by Gasteiger charge is -2.18. The normalized spacial score (nSPS) is 11.5. The number of ether oxygens (including phenoxy) is 2. The van der Waals surface area contributed by atoms with Crippen LogP contribution in [0.4, 0.5) is 0 Å². The molecule has 0 amide bonds. The molecular weight excluding hydrogens is 649 g/mol. The van der Waals surface area contributed by atoms with E-state index in [2.05, 4.69) is 34.9 Å². The van der Waals surface area contributed by atoms with Crippen molar-refractivity contribution in [2.45, 2.75) is 40.2 Å². The summed E-state index contributed by atoms with van der Waals surface area (Å²) in [5.41, 5.74) is 4.61. The maximum Gasteiger partial charge on any atom is 0.282 e. The predicted molar refractivity (Wildman–Crippen MR) is 179 cm³/mol. The molecule has 1 heterocycles. The summed E-state index contributed by atoms with van der Waals surface area (Å²) in [7, 11) is 0. The molecule has 0 atom stereocenters. The summed E-state index contributed by atoms with van der Waals surface area (Å²) in [4.78, 5) is 18.7. The third-order valence-corrected chi connectivity index (χ3v) is 8.00. The number of rotatable bonds is 9. The molecule has 0 aliphatic rings. The van der Waals surface area contributed by atoms with Gasteiger partial charge in [0.15, 0.2) is 11.6 Å². The van der Waals surface area contributed by atoms with Crippen LogP contribution in [0.25, 0.3) is 22.3 Å². The Morgan fingerprint density at radius 1 is 1.00 bits per heavy atom. The number of hydrogen-bond donors (Lipinski definition) is 0. The first-order valence-electron chi connectivity index (χ1n) is 13.9. The molecule has 6 nitrogen and oxygen atoms in total. The summed E-state index contributed by atoms with van der Waals surface area (Å²) in [6, 6.07) is 22.5. The van der Waals surface area contributed by atoms with Crippen LogP contribution in [0, 0.1) is 6.92 Å². The van der Waals surface area contributed by atoms with Crippen molar-refractivity contribution in [2.24, 2.45) is 5.10 Å². The fourth-order valence-corrected chi connectivity index (χ4v) is 5.61. The molecule has 0 aliphatic heterocycles. The van der Waals surface area contributed by atoms with E-state index in [-0.39, 0.29) is 11.5 Å². The topological polar surface area (TPSA) is 65.7 Å². The van der Waals surface area contributed by atoms with Crippen LogP contribution in [0.15, 0.2) is 87.2 Å². The van der Waals surface area contributed by atoms with Gasteiger partial charge in [-0.2, -0.15) is 9.78 Å². The molecule has 0 saturated heterocycles. The average Bonchev–Trinajstić information content (AvgIpc) is 2.97. The Hall–Kier alpha value is -3.65. The highest BCUT2D eigenvalue weighted by molar-refractivity contribution is 9.10. The van der Waals surface area contributed by atoms with E-state index in [1.165, 1.54) is 4.68 Å². The SMILES string of the molecule is CCOc1cc(C)c(-c2nc3ccccc3c(=O)n2N=Cc2cc(Cl)c(OCc3ccc(Br)cc3)c(Cl)c2)cc1C(C)C. The molecule has 0 N–H and O–H groups in total. The van der Waals surface area contributed by atoms with E-state index in [9.17, 15) is 4.79 Å². The third kappa shape index (κ3) is 6.80. The molecule has 220 valence electrons. The molecule has 5 rings (SSSR count). The number of aryl methyl sites for hydroxylation is 1. The standard InChI is InChI=1S/C34H30BrCl2N3O3/c1-5-42-31-14-21(4)27(17-26(31)20(2)3)33-39-30-9-7-6-8-25(30)34(41)40(33)38-18-23-15-28(36)32(29(37)16-23)43-19-22-10-12-24(35)13-11-22/h6-18,20H,5,19H2,1-4H3. The molecule has 0 radical (unpaired) electrons. The molecule has 1 aromatic heterocycles. The zero-order valence-electron chi connectivity index (χ0n) is 24.2. The second kappa shape index (κ2) is 13.3. The molecule has 0 spiro atoms. The van der Waals surface area contributed by atoms with Gasteiger partial charge < -0.3 is 9.47 Å². The van der Waals surface area contributed by atoms with E-state index in [0.717, 1.165) is 32.5 Å². The maximum atomic E-state index is 13.8. The van der Waals surface area contributed by atoms with E-state index in [0.29, 0.717) is 51.3 Å². The molecule has 5 aromatic rings. The van der Waals surface area contributed by atoms with Gasteiger partial charge in [-0.1, -0.05) is 77.2 Å². The van der Waals surface area contributed by atoms with Gasteiger partial charge in [-0.05, 0) is 90.6 Å². The summed E-state index contributed by atoms with van der Waals surface area (Å²) < 4.78 is 14.2. The monoisotopic (exact) mass is 677 g/mol. The van der Waals surface area contributed by atoms with Crippen LogP contribution in [0.5, 0.6) is 11.5 Å². The van der Waals surface area contributed by atoms with E-state index >= 15 is 0 Å². The molecule has 0 saturated carbocycles. The molecule has 9 heteroatoms. The first kappa shape index (κ1) is 30.8. The average molecular weight is 679 g/mol. The molecule has 0 fully saturated rings. The highest BCUT2D eigenvalue weighted by Gasteiger charge is 2.19. The van der Waals surface area contributed by atoms with Gasteiger partial charge >= 0.3 is 0 Å². The van der Waals surface area contributed by atoms with E-state index in [1.54, 1.807) is 24.4 Å². The Kier molecular flexibility index (Phi) is 9.55. The number of benzene rings is 4. The minimum atomic E-state index is -0.289. The van der Waals surface area contributed by atoms with Crippen LogP contribution in [0.1, 0.15) is 48.9 Å². The number of hydrogen-bond acceptors (Lipinski definition) is 5. The van der Waals surface area contributed by atoms with Gasteiger partial charge in [-0.25, -0.2) is 4.98 Å². The van der Waals surface area contributed by atoms with Gasteiger partial charge in [0, 0.05) is 10.0 Å². The van der Waals surface area contributed by atoms with Gasteiger partial charge in [0.1, 0.15) is 12.4 Å². The highest BCUT2D eigenvalue weighted by Crippen LogP contribution is 2.36. The van der Waals surface area contributed by atoms with Gasteiger partial charge in [-0.15, -0.1) is 0 Å². The van der Waals surface area contributed by atoms with Crippen molar-refractivity contribution in [3.05, 3.63) is 120 Å². The molecule has 0 unspecified atom stereocenters. The van der Waals surface area contributed by atoms with Crippen LogP contribution in [-0.2, 0) is 6.61 Å². The summed E-state index contributed by atoms with van der Waals surface area (Å²) >= 11 is 16.6. The number of aromatic nitrogens is 2. The number of fused-ring (bicyclic) bond motifs is 1. The Labute approximate surface area is 269 Å². The molecule has 4 aromatic carbocycles. The fraction of sp³-hybridized carbons (Fsp3) is 0.206. The summed E-state index contributed by atoms with van der Waals surface area (Å²) in [6.07, 6.45) is 1.55. The maximum absolute atomic E-state index is 13.8. The van der Waals surface area contributed by atoms with Crippen LogP contribution in [0.3, 0.4) is 0 Å². The lowest BCUT2D eigenvalue weighted by atomic mass is 9.96. The van der Waals surface area contributed by atoms with Crippen LogP contribution in [-0.4, -0.2) is 22.5 Å². The van der Waals surface area contributed by atoms with Crippen molar-refractivity contribution in [3.8, 4) is 22.9 Å². The Bertz CT molecular complexity index is 1860. The minimum Gasteiger partial charge on any atom is -0.494 e. The van der Waals surface area contributed by atoms with Crippen molar-refractivity contribution in [1.29, 1.82) is 0 Å². The van der Waals surface area contributed by atoms with E-state index in [1.807, 2.05) is 68.4 Å². The second-order valence-corrected chi connectivity index (χ2v) is 12.1. The summed E-state index contributed by atoms with van der Waals surface area (Å²) in [5.74, 6) is 1.82. The fourth-order valence-electron chi connectivity index (χ4n) is 4.73.